The zero-order valence-corrected chi connectivity index (χ0v) is 24.1. The summed E-state index contributed by atoms with van der Waals surface area (Å²) in [5, 5.41) is 28.7. The highest BCUT2D eigenvalue weighted by Crippen LogP contribution is 2.39. The highest BCUT2D eigenvalue weighted by molar-refractivity contribution is 7.99. The second-order valence-electron chi connectivity index (χ2n) is 11.0. The molecule has 12 heteroatoms. The molecular weight excluding hydrogens is 565 g/mol. The zero-order valence-electron chi connectivity index (χ0n) is 22.6. The van der Waals surface area contributed by atoms with Crippen molar-refractivity contribution in [3.8, 4) is 11.3 Å². The molecule has 41 heavy (non-hydrogen) atoms. The van der Waals surface area contributed by atoms with E-state index in [0.717, 1.165) is 32.5 Å². The third-order valence-corrected chi connectivity index (χ3v) is 9.50. The number of halogens is 2. The molecule has 6 rings (SSSR count). The SMILES string of the molecule is O=C(Nc1cc(Nc2cc(-c3cc(Cl)ccc3F)nnc2SCCO)ccn1)C1CC(N2CCNC3(CCC3)C2)C1. The summed E-state index contributed by atoms with van der Waals surface area (Å²) in [4.78, 5) is 19.9. The summed E-state index contributed by atoms with van der Waals surface area (Å²) in [6.45, 7) is 3.14. The maximum atomic E-state index is 14.5. The first-order valence-electron chi connectivity index (χ1n) is 14.0. The molecule has 1 spiro atoms. The lowest BCUT2D eigenvalue weighted by Crippen LogP contribution is -2.66. The smallest absolute Gasteiger partial charge is 0.228 e. The summed E-state index contributed by atoms with van der Waals surface area (Å²) in [5.74, 6) is 0.377. The van der Waals surface area contributed by atoms with Crippen LogP contribution in [0.2, 0.25) is 5.02 Å². The van der Waals surface area contributed by atoms with Crippen molar-refractivity contribution in [2.45, 2.75) is 48.7 Å². The fraction of sp³-hybridized carbons (Fsp3) is 0.448. The third kappa shape index (κ3) is 6.34. The number of nitrogens with one attached hydrogen (secondary N) is 3. The van der Waals surface area contributed by atoms with Gasteiger partial charge in [0.15, 0.2) is 0 Å². The lowest BCUT2D eigenvalue weighted by Gasteiger charge is -2.54. The van der Waals surface area contributed by atoms with Crippen LogP contribution in [0.15, 0.2) is 47.6 Å². The van der Waals surface area contributed by atoms with Gasteiger partial charge >= 0.3 is 0 Å². The molecule has 0 unspecified atom stereocenters. The van der Waals surface area contributed by atoms with Crippen LogP contribution in [0.1, 0.15) is 32.1 Å². The van der Waals surface area contributed by atoms with Crippen molar-refractivity contribution < 1.29 is 14.3 Å². The highest BCUT2D eigenvalue weighted by atomic mass is 35.5. The van der Waals surface area contributed by atoms with Crippen molar-refractivity contribution in [2.75, 3.05) is 42.6 Å². The lowest BCUT2D eigenvalue weighted by molar-refractivity contribution is -0.125. The molecule has 3 aromatic rings. The van der Waals surface area contributed by atoms with Gasteiger partial charge in [-0.1, -0.05) is 11.6 Å². The third-order valence-electron chi connectivity index (χ3n) is 8.30. The van der Waals surface area contributed by atoms with Gasteiger partial charge < -0.3 is 21.1 Å². The van der Waals surface area contributed by atoms with Gasteiger partial charge in [-0.15, -0.1) is 22.0 Å². The van der Waals surface area contributed by atoms with E-state index in [-0.39, 0.29) is 24.0 Å². The quantitative estimate of drug-likeness (QED) is 0.260. The first kappa shape index (κ1) is 28.3. The molecule has 1 amide bonds. The minimum Gasteiger partial charge on any atom is -0.396 e. The van der Waals surface area contributed by atoms with Crippen molar-refractivity contribution in [2.24, 2.45) is 5.92 Å². The molecule has 0 radical (unpaired) electrons. The van der Waals surface area contributed by atoms with Gasteiger partial charge in [0.05, 0.1) is 18.0 Å². The molecule has 2 aromatic heterocycles. The molecule has 2 aliphatic carbocycles. The van der Waals surface area contributed by atoms with Crippen LogP contribution in [0.25, 0.3) is 11.3 Å². The van der Waals surface area contributed by atoms with Gasteiger partial charge in [0.25, 0.3) is 0 Å². The van der Waals surface area contributed by atoms with E-state index in [1.165, 1.54) is 49.2 Å². The largest absolute Gasteiger partial charge is 0.396 e. The lowest BCUT2D eigenvalue weighted by atomic mass is 9.73. The second-order valence-corrected chi connectivity index (χ2v) is 12.6. The molecule has 4 N–H and O–H groups in total. The van der Waals surface area contributed by atoms with Crippen molar-refractivity contribution in [3.05, 3.63) is 53.4 Å². The van der Waals surface area contributed by atoms with E-state index in [4.69, 9.17) is 11.6 Å². The molecule has 3 aliphatic rings. The number of rotatable bonds is 9. The average molecular weight is 598 g/mol. The van der Waals surface area contributed by atoms with Gasteiger partial charge in [0.1, 0.15) is 16.7 Å². The number of nitrogens with zero attached hydrogens (tertiary/aromatic N) is 4. The number of aliphatic hydroxyl groups excluding tert-OH is 1. The number of aliphatic hydroxyl groups is 1. The van der Waals surface area contributed by atoms with Crippen LogP contribution >= 0.6 is 23.4 Å². The zero-order chi connectivity index (χ0) is 28.4. The molecule has 9 nitrogen and oxygen atoms in total. The summed E-state index contributed by atoms with van der Waals surface area (Å²) in [6.07, 6.45) is 7.18. The number of carbonyl (C=O) groups is 1. The number of carbonyl (C=O) groups excluding carboxylic acids is 1. The first-order valence-corrected chi connectivity index (χ1v) is 15.4. The second kappa shape index (κ2) is 12.2. The summed E-state index contributed by atoms with van der Waals surface area (Å²) in [5.41, 5.74) is 2.11. The van der Waals surface area contributed by atoms with E-state index in [0.29, 0.717) is 50.3 Å². The van der Waals surface area contributed by atoms with Crippen molar-refractivity contribution in [1.82, 2.24) is 25.4 Å². The van der Waals surface area contributed by atoms with Gasteiger partial charge in [0.2, 0.25) is 5.91 Å². The molecule has 3 fully saturated rings. The number of thioether (sulfide) groups is 1. The number of hydrogen-bond donors (Lipinski definition) is 4. The van der Waals surface area contributed by atoms with E-state index in [9.17, 15) is 14.3 Å². The molecule has 2 saturated carbocycles. The topological polar surface area (TPSA) is 115 Å². The van der Waals surface area contributed by atoms with Crippen LogP contribution < -0.4 is 16.0 Å². The van der Waals surface area contributed by atoms with Gasteiger partial charge in [-0.05, 0) is 62.4 Å². The summed E-state index contributed by atoms with van der Waals surface area (Å²) < 4.78 is 14.5. The minimum atomic E-state index is -0.461. The summed E-state index contributed by atoms with van der Waals surface area (Å²) in [7, 11) is 0. The Kier molecular flexibility index (Phi) is 8.41. The summed E-state index contributed by atoms with van der Waals surface area (Å²) >= 11 is 7.41. The van der Waals surface area contributed by atoms with Crippen LogP contribution in [0.3, 0.4) is 0 Å². The fourth-order valence-electron chi connectivity index (χ4n) is 5.84. The summed E-state index contributed by atoms with van der Waals surface area (Å²) in [6, 6.07) is 9.96. The Morgan fingerprint density at radius 2 is 2.07 bits per heavy atom. The Balaban J connectivity index is 1.12. The van der Waals surface area contributed by atoms with Crippen molar-refractivity contribution >= 4 is 46.5 Å². The first-order chi connectivity index (χ1) is 19.9. The standard InChI is InChI=1S/C29H33ClFN7O2S/c30-19-2-3-23(31)22(14-19)24-16-25(28(37-36-24)41-11-10-39)34-20-4-7-32-26(15-20)35-27(40)18-12-21(13-18)38-9-8-33-29(17-38)5-1-6-29/h2-4,7,14-16,18,21,33,39H,1,5-6,8-13,17H2,(H2,32,34,35,36,40). The molecule has 1 aromatic carbocycles. The van der Waals surface area contributed by atoms with E-state index in [2.05, 4.69) is 36.0 Å². The van der Waals surface area contributed by atoms with Crippen molar-refractivity contribution in [3.63, 3.8) is 0 Å². The Hall–Kier alpha value is -2.83. The van der Waals surface area contributed by atoms with Gasteiger partial charge in [-0.2, -0.15) is 0 Å². The van der Waals surface area contributed by atoms with Crippen LogP contribution in [0.5, 0.6) is 0 Å². The number of anilines is 3. The molecule has 3 heterocycles. The molecule has 216 valence electrons. The minimum absolute atomic E-state index is 0.0112. The number of piperazine rings is 1. The predicted octanol–water partition coefficient (Wildman–Crippen LogP) is 4.70. The number of aromatic nitrogens is 3. The molecule has 1 saturated heterocycles. The number of hydrogen-bond acceptors (Lipinski definition) is 9. The highest BCUT2D eigenvalue weighted by Gasteiger charge is 2.45. The van der Waals surface area contributed by atoms with Crippen LogP contribution in [0.4, 0.5) is 21.6 Å². The Labute approximate surface area is 247 Å². The maximum Gasteiger partial charge on any atom is 0.228 e. The van der Waals surface area contributed by atoms with E-state index >= 15 is 0 Å². The Morgan fingerprint density at radius 1 is 1.22 bits per heavy atom. The number of pyridine rings is 1. The van der Waals surface area contributed by atoms with Crippen LogP contribution in [-0.4, -0.2) is 74.7 Å². The molecular formula is C29H33ClFN7O2S. The monoisotopic (exact) mass is 597 g/mol. The number of benzene rings is 1. The van der Waals surface area contributed by atoms with Gasteiger partial charge in [-0.25, -0.2) is 9.37 Å². The van der Waals surface area contributed by atoms with Gasteiger partial charge in [0, 0.05) is 71.4 Å². The average Bonchev–Trinajstić information content (AvgIpc) is 2.92. The number of amides is 1. The Morgan fingerprint density at radius 3 is 2.85 bits per heavy atom. The maximum absolute atomic E-state index is 14.5. The molecule has 1 aliphatic heterocycles. The van der Waals surface area contributed by atoms with Crippen LogP contribution in [0, 0.1) is 11.7 Å². The normalized spacial score (nSPS) is 21.6. The molecule has 0 bridgehead atoms. The van der Waals surface area contributed by atoms with E-state index in [1.54, 1.807) is 24.4 Å². The van der Waals surface area contributed by atoms with E-state index in [1.807, 2.05) is 0 Å². The molecule has 0 atom stereocenters. The van der Waals surface area contributed by atoms with Crippen LogP contribution in [-0.2, 0) is 4.79 Å². The Bertz CT molecular complexity index is 1420. The van der Waals surface area contributed by atoms with E-state index < -0.39 is 5.82 Å². The van der Waals surface area contributed by atoms with Crippen molar-refractivity contribution in [1.29, 1.82) is 0 Å². The fourth-order valence-corrected chi connectivity index (χ4v) is 6.66. The van der Waals surface area contributed by atoms with Gasteiger partial charge in [-0.3, -0.25) is 9.69 Å². The predicted molar refractivity (Wildman–Crippen MR) is 159 cm³/mol.